The minimum atomic E-state index is -3.60. The van der Waals surface area contributed by atoms with Crippen LogP contribution in [0.3, 0.4) is 0 Å². The fourth-order valence-electron chi connectivity index (χ4n) is 1.86. The van der Waals surface area contributed by atoms with E-state index in [9.17, 15) is 13.2 Å². The molecule has 0 saturated carbocycles. The largest absolute Gasteiger partial charge is 0.336 e. The summed E-state index contributed by atoms with van der Waals surface area (Å²) in [4.78, 5) is 13.3. The zero-order chi connectivity index (χ0) is 12.5. The number of primary sulfonamides is 1. The van der Waals surface area contributed by atoms with Gasteiger partial charge in [-0.2, -0.15) is 15.4 Å². The molecule has 1 amide bonds. The van der Waals surface area contributed by atoms with Gasteiger partial charge in [0.1, 0.15) is 0 Å². The Bertz CT molecular complexity index is 497. The Morgan fingerprint density at radius 3 is 2.94 bits per heavy atom. The van der Waals surface area contributed by atoms with E-state index in [1.54, 1.807) is 0 Å². The first-order chi connectivity index (χ1) is 7.98. The van der Waals surface area contributed by atoms with Gasteiger partial charge in [0.05, 0.1) is 11.4 Å². The molecule has 94 valence electrons. The van der Waals surface area contributed by atoms with Gasteiger partial charge in [0.25, 0.3) is 5.91 Å². The summed E-state index contributed by atoms with van der Waals surface area (Å²) in [6.07, 6.45) is 2.41. The molecule has 2 rings (SSSR count). The van der Waals surface area contributed by atoms with Gasteiger partial charge in [-0.15, -0.1) is 0 Å². The maximum absolute atomic E-state index is 11.9. The number of nitrogens with zero attached hydrogens (tertiary/aromatic N) is 3. The Kier molecular flexibility index (Phi) is 3.11. The molecular weight excluding hydrogens is 246 g/mol. The van der Waals surface area contributed by atoms with Gasteiger partial charge in [-0.1, -0.05) is 0 Å². The Hall–Kier alpha value is -1.48. The average molecular weight is 259 g/mol. The van der Waals surface area contributed by atoms with Gasteiger partial charge < -0.3 is 4.90 Å². The normalized spacial score (nSPS) is 21.5. The third-order valence-corrected chi connectivity index (χ3v) is 4.08. The maximum atomic E-state index is 11.9. The second-order valence-electron chi connectivity index (χ2n) is 3.96. The molecule has 1 aromatic heterocycles. The van der Waals surface area contributed by atoms with Crippen LogP contribution in [-0.2, 0) is 10.0 Å². The molecule has 0 aliphatic carbocycles. The average Bonchev–Trinajstić information content (AvgIpc) is 2.80. The van der Waals surface area contributed by atoms with Crippen LogP contribution in [-0.4, -0.2) is 53.0 Å². The van der Waals surface area contributed by atoms with Crippen LogP contribution in [0.15, 0.2) is 6.20 Å². The molecule has 8 nitrogen and oxygen atoms in total. The standard InChI is InChI=1S/C8H13N5O3S/c9-17(15,16)6-2-1-3-13(5-6)8(14)7-4-10-12-11-7/h4,6H,1-3,5H2,(H2,9,15,16)(H,10,11,12). The predicted octanol–water partition coefficient (Wildman–Crippen LogP) is -1.30. The van der Waals surface area contributed by atoms with E-state index in [0.29, 0.717) is 19.4 Å². The molecule has 1 saturated heterocycles. The lowest BCUT2D eigenvalue weighted by Crippen LogP contribution is -2.47. The molecule has 2 heterocycles. The number of likely N-dealkylation sites (tertiary alicyclic amines) is 1. The van der Waals surface area contributed by atoms with Crippen molar-refractivity contribution >= 4 is 15.9 Å². The fraction of sp³-hybridized carbons (Fsp3) is 0.625. The minimum absolute atomic E-state index is 0.116. The zero-order valence-corrected chi connectivity index (χ0v) is 9.85. The van der Waals surface area contributed by atoms with E-state index < -0.39 is 15.3 Å². The molecule has 17 heavy (non-hydrogen) atoms. The number of hydrogen-bond acceptors (Lipinski definition) is 5. The van der Waals surface area contributed by atoms with E-state index in [-0.39, 0.29) is 18.1 Å². The number of sulfonamides is 1. The lowest BCUT2D eigenvalue weighted by molar-refractivity contribution is 0.0721. The molecule has 1 aliphatic rings. The van der Waals surface area contributed by atoms with Gasteiger partial charge >= 0.3 is 0 Å². The number of nitrogens with two attached hydrogens (primary N) is 1. The van der Waals surface area contributed by atoms with Crippen molar-refractivity contribution in [3.05, 3.63) is 11.9 Å². The molecule has 0 aromatic carbocycles. The van der Waals surface area contributed by atoms with E-state index in [1.165, 1.54) is 11.1 Å². The van der Waals surface area contributed by atoms with Crippen LogP contribution in [0, 0.1) is 0 Å². The van der Waals surface area contributed by atoms with Gasteiger partial charge in [0.15, 0.2) is 5.69 Å². The second kappa shape index (κ2) is 4.41. The highest BCUT2D eigenvalue weighted by molar-refractivity contribution is 7.89. The summed E-state index contributed by atoms with van der Waals surface area (Å²) in [6, 6.07) is 0. The molecule has 1 aliphatic heterocycles. The number of aromatic amines is 1. The number of carbonyl (C=O) groups excluding carboxylic acids is 1. The second-order valence-corrected chi connectivity index (χ2v) is 5.80. The maximum Gasteiger partial charge on any atom is 0.276 e. The Labute approximate surface area is 98.2 Å². The van der Waals surface area contributed by atoms with Crippen molar-refractivity contribution < 1.29 is 13.2 Å². The highest BCUT2D eigenvalue weighted by Gasteiger charge is 2.31. The number of amides is 1. The predicted molar refractivity (Wildman–Crippen MR) is 58.4 cm³/mol. The monoisotopic (exact) mass is 259 g/mol. The van der Waals surface area contributed by atoms with Gasteiger partial charge in [-0.05, 0) is 12.8 Å². The molecule has 9 heteroatoms. The zero-order valence-electron chi connectivity index (χ0n) is 9.04. The van der Waals surface area contributed by atoms with Crippen molar-refractivity contribution in [1.29, 1.82) is 0 Å². The van der Waals surface area contributed by atoms with Crippen molar-refractivity contribution in [1.82, 2.24) is 20.3 Å². The molecule has 1 atom stereocenters. The summed E-state index contributed by atoms with van der Waals surface area (Å²) >= 11 is 0. The first kappa shape index (κ1) is 12.0. The lowest BCUT2D eigenvalue weighted by Gasteiger charge is -2.30. The molecule has 0 radical (unpaired) electrons. The number of rotatable bonds is 2. The van der Waals surface area contributed by atoms with E-state index in [4.69, 9.17) is 5.14 Å². The first-order valence-corrected chi connectivity index (χ1v) is 6.76. The van der Waals surface area contributed by atoms with Crippen LogP contribution in [0.1, 0.15) is 23.3 Å². The van der Waals surface area contributed by atoms with Gasteiger partial charge in [0.2, 0.25) is 10.0 Å². The van der Waals surface area contributed by atoms with Crippen LogP contribution in [0.5, 0.6) is 0 Å². The molecule has 0 spiro atoms. The lowest BCUT2D eigenvalue weighted by atomic mass is 10.1. The molecule has 1 fully saturated rings. The smallest absolute Gasteiger partial charge is 0.276 e. The van der Waals surface area contributed by atoms with Gasteiger partial charge in [-0.25, -0.2) is 13.6 Å². The molecule has 1 unspecified atom stereocenters. The van der Waals surface area contributed by atoms with Crippen molar-refractivity contribution in [2.45, 2.75) is 18.1 Å². The summed E-state index contributed by atoms with van der Waals surface area (Å²) in [5.41, 5.74) is 0.181. The number of H-pyrrole nitrogens is 1. The van der Waals surface area contributed by atoms with E-state index in [2.05, 4.69) is 15.4 Å². The van der Waals surface area contributed by atoms with Gasteiger partial charge in [0, 0.05) is 13.1 Å². The molecular formula is C8H13N5O3S. The highest BCUT2D eigenvalue weighted by atomic mass is 32.2. The van der Waals surface area contributed by atoms with Gasteiger partial charge in [-0.3, -0.25) is 4.79 Å². The fourth-order valence-corrected chi connectivity index (χ4v) is 2.74. The summed E-state index contributed by atoms with van der Waals surface area (Å²) < 4.78 is 22.5. The number of aromatic nitrogens is 3. The number of piperidine rings is 1. The van der Waals surface area contributed by atoms with Crippen LogP contribution in [0.2, 0.25) is 0 Å². The third kappa shape index (κ3) is 2.61. The summed E-state index contributed by atoms with van der Waals surface area (Å²) in [5.74, 6) is -0.327. The van der Waals surface area contributed by atoms with Crippen molar-refractivity contribution in [3.8, 4) is 0 Å². The summed E-state index contributed by atoms with van der Waals surface area (Å²) in [7, 11) is -3.60. The SMILES string of the molecule is NS(=O)(=O)C1CCCN(C(=O)c2cn[nH]n2)C1. The topological polar surface area (TPSA) is 122 Å². The molecule has 3 N–H and O–H groups in total. The van der Waals surface area contributed by atoms with Crippen molar-refractivity contribution in [2.24, 2.45) is 5.14 Å². The quantitative estimate of drug-likeness (QED) is 0.683. The minimum Gasteiger partial charge on any atom is -0.336 e. The number of nitrogens with one attached hydrogen (secondary N) is 1. The van der Waals surface area contributed by atoms with E-state index in [0.717, 1.165) is 0 Å². The molecule has 1 aromatic rings. The van der Waals surface area contributed by atoms with Crippen molar-refractivity contribution in [3.63, 3.8) is 0 Å². The van der Waals surface area contributed by atoms with E-state index in [1.807, 2.05) is 0 Å². The summed E-state index contributed by atoms with van der Waals surface area (Å²) in [5, 5.41) is 14.0. The number of carbonyl (C=O) groups is 1. The third-order valence-electron chi connectivity index (χ3n) is 2.76. The van der Waals surface area contributed by atoms with Crippen molar-refractivity contribution in [2.75, 3.05) is 13.1 Å². The van der Waals surface area contributed by atoms with Crippen LogP contribution in [0.4, 0.5) is 0 Å². The van der Waals surface area contributed by atoms with Crippen LogP contribution < -0.4 is 5.14 Å². The number of hydrogen-bond donors (Lipinski definition) is 2. The highest BCUT2D eigenvalue weighted by Crippen LogP contribution is 2.16. The van der Waals surface area contributed by atoms with Crippen LogP contribution in [0.25, 0.3) is 0 Å². The summed E-state index contributed by atoms with van der Waals surface area (Å²) in [6.45, 7) is 0.627. The Morgan fingerprint density at radius 2 is 2.35 bits per heavy atom. The Balaban J connectivity index is 2.10. The first-order valence-electron chi connectivity index (χ1n) is 5.15. The molecule has 0 bridgehead atoms. The van der Waals surface area contributed by atoms with E-state index >= 15 is 0 Å². The van der Waals surface area contributed by atoms with Crippen LogP contribution >= 0.6 is 0 Å². The Morgan fingerprint density at radius 1 is 1.59 bits per heavy atom.